The van der Waals surface area contributed by atoms with Crippen LogP contribution in [0.1, 0.15) is 6.92 Å². The van der Waals surface area contributed by atoms with Crippen LogP contribution >= 0.6 is 21.0 Å². The monoisotopic (exact) mass is 289 g/mol. The molecule has 0 aliphatic carbocycles. The molecule has 0 saturated carbocycles. The molecular formula is C9H17BN3O3PS. The lowest BCUT2D eigenvalue weighted by molar-refractivity contribution is -0.157. The van der Waals surface area contributed by atoms with Gasteiger partial charge in [0.05, 0.1) is 18.8 Å². The van der Waals surface area contributed by atoms with E-state index in [-0.39, 0.29) is 24.0 Å². The molecule has 100 valence electrons. The second-order valence-corrected chi connectivity index (χ2v) is 5.67. The van der Waals surface area contributed by atoms with Gasteiger partial charge in [0, 0.05) is 10.7 Å². The van der Waals surface area contributed by atoms with Crippen LogP contribution in [0.2, 0.25) is 0 Å². The Bertz CT molecular complexity index is 319. The highest BCUT2D eigenvalue weighted by atomic mass is 32.2. The Kier molecular flexibility index (Phi) is 6.78. The van der Waals surface area contributed by atoms with Crippen molar-refractivity contribution in [3.8, 4) is 0 Å². The first-order valence-electron chi connectivity index (χ1n) is 5.55. The molecule has 1 aliphatic rings. The normalized spacial score (nSPS) is 37.9. The highest BCUT2D eigenvalue weighted by molar-refractivity contribution is 7.99. The summed E-state index contributed by atoms with van der Waals surface area (Å²) in [6, 6.07) is -0.346. The number of ether oxygens (including phenoxy) is 2. The van der Waals surface area contributed by atoms with E-state index >= 15 is 0 Å². The minimum Gasteiger partial charge on any atom is -0.394 e. The predicted molar refractivity (Wildman–Crippen MR) is 75.5 cm³/mol. The molecule has 7 atom stereocenters. The van der Waals surface area contributed by atoms with Gasteiger partial charge in [-0.25, -0.2) is 0 Å². The molecule has 0 amide bonds. The van der Waals surface area contributed by atoms with Crippen LogP contribution in [0.25, 0.3) is 10.4 Å². The third kappa shape index (κ3) is 3.76. The summed E-state index contributed by atoms with van der Waals surface area (Å²) in [5.41, 5.74) is 8.33. The SMILES string of the molecule is [B]C(P)O[C@H]1C(CO)OC(SC)[C@H](N=[N+]=[N-])[C@H]1C. The number of aliphatic hydroxyl groups excluding tert-OH is 1. The van der Waals surface area contributed by atoms with Gasteiger partial charge in [-0.1, -0.05) is 12.0 Å². The van der Waals surface area contributed by atoms with Crippen molar-refractivity contribution >= 4 is 28.8 Å². The van der Waals surface area contributed by atoms with Crippen molar-refractivity contribution in [2.75, 3.05) is 12.9 Å². The molecule has 18 heavy (non-hydrogen) atoms. The summed E-state index contributed by atoms with van der Waals surface area (Å²) in [7, 11) is 7.91. The molecule has 1 rings (SSSR count). The molecule has 0 aromatic rings. The average molecular weight is 289 g/mol. The zero-order valence-corrected chi connectivity index (χ0v) is 12.3. The van der Waals surface area contributed by atoms with Gasteiger partial charge in [0.15, 0.2) is 0 Å². The Balaban J connectivity index is 2.91. The van der Waals surface area contributed by atoms with E-state index in [1.807, 2.05) is 13.2 Å². The highest BCUT2D eigenvalue weighted by Crippen LogP contribution is 2.35. The zero-order chi connectivity index (χ0) is 13.7. The molecule has 2 radical (unpaired) electrons. The first-order valence-corrected chi connectivity index (χ1v) is 7.50. The van der Waals surface area contributed by atoms with Gasteiger partial charge < -0.3 is 14.6 Å². The topological polar surface area (TPSA) is 87.5 Å². The lowest BCUT2D eigenvalue weighted by Crippen LogP contribution is -2.54. The predicted octanol–water partition coefficient (Wildman–Crippen LogP) is 1.09. The van der Waals surface area contributed by atoms with Crippen LogP contribution in [0.3, 0.4) is 0 Å². The quantitative estimate of drug-likeness (QED) is 0.270. The second-order valence-electron chi connectivity index (χ2n) is 4.08. The standard InChI is InChI=1S/C9H17BN3O3PS/c1-4-6(12-13-11)8(18-2)15-5(3-14)7(4)16-9(10)17/h4-9,14H,3,17H2,1-2H3/t4-,5?,6-,7-,8?,9?/m1/s1. The van der Waals surface area contributed by atoms with Gasteiger partial charge in [0.1, 0.15) is 19.4 Å². The van der Waals surface area contributed by atoms with Crippen LogP contribution < -0.4 is 0 Å². The van der Waals surface area contributed by atoms with Crippen molar-refractivity contribution in [2.24, 2.45) is 11.0 Å². The first-order chi connectivity index (χ1) is 8.54. The maximum absolute atomic E-state index is 9.36. The summed E-state index contributed by atoms with van der Waals surface area (Å²) in [6.45, 7) is 1.75. The number of thioether (sulfide) groups is 1. The summed E-state index contributed by atoms with van der Waals surface area (Å²) in [4.78, 5) is 2.85. The largest absolute Gasteiger partial charge is 0.394 e. The van der Waals surface area contributed by atoms with E-state index in [2.05, 4.69) is 19.3 Å². The Labute approximate surface area is 114 Å². The number of rotatable bonds is 5. The fourth-order valence-electron chi connectivity index (χ4n) is 2.07. The van der Waals surface area contributed by atoms with Gasteiger partial charge in [0.25, 0.3) is 0 Å². The summed E-state index contributed by atoms with van der Waals surface area (Å²) >= 11 is 1.45. The molecule has 1 saturated heterocycles. The zero-order valence-electron chi connectivity index (χ0n) is 10.3. The summed E-state index contributed by atoms with van der Waals surface area (Å²) in [6.07, 6.45) is 1.00. The Hall–Kier alpha value is 0.0349. The van der Waals surface area contributed by atoms with E-state index in [9.17, 15) is 5.11 Å². The van der Waals surface area contributed by atoms with Gasteiger partial charge >= 0.3 is 0 Å². The number of nitrogens with zero attached hydrogens (tertiary/aromatic N) is 3. The van der Waals surface area contributed by atoms with Crippen molar-refractivity contribution in [1.82, 2.24) is 0 Å². The van der Waals surface area contributed by atoms with Crippen molar-refractivity contribution in [1.29, 1.82) is 0 Å². The first kappa shape index (κ1) is 16.1. The fourth-order valence-corrected chi connectivity index (χ4v) is 3.08. The lowest BCUT2D eigenvalue weighted by Gasteiger charge is -2.43. The van der Waals surface area contributed by atoms with Crippen LogP contribution in [0.5, 0.6) is 0 Å². The Morgan fingerprint density at radius 1 is 1.72 bits per heavy atom. The fraction of sp³-hybridized carbons (Fsp3) is 1.00. The molecule has 1 heterocycles. The lowest BCUT2D eigenvalue weighted by atomic mass is 9.89. The maximum Gasteiger partial charge on any atom is 0.114 e. The highest BCUT2D eigenvalue weighted by Gasteiger charge is 2.43. The molecule has 1 N–H and O–H groups in total. The molecular weight excluding hydrogens is 272 g/mol. The number of hydrogen-bond acceptors (Lipinski definition) is 5. The van der Waals surface area contributed by atoms with Gasteiger partial charge in [-0.3, -0.25) is 0 Å². The van der Waals surface area contributed by atoms with Gasteiger partial charge in [-0.15, -0.1) is 21.0 Å². The molecule has 1 aliphatic heterocycles. The van der Waals surface area contributed by atoms with Crippen molar-refractivity contribution in [3.63, 3.8) is 0 Å². The smallest absolute Gasteiger partial charge is 0.114 e. The third-order valence-electron chi connectivity index (χ3n) is 2.92. The van der Waals surface area contributed by atoms with Crippen molar-refractivity contribution < 1.29 is 14.6 Å². The van der Waals surface area contributed by atoms with E-state index in [1.54, 1.807) is 0 Å². The summed E-state index contributed by atoms with van der Waals surface area (Å²) in [5.74, 6) is -0.636. The van der Waals surface area contributed by atoms with Crippen LogP contribution in [-0.2, 0) is 9.47 Å². The van der Waals surface area contributed by atoms with Gasteiger partial charge in [-0.2, -0.15) is 0 Å². The maximum atomic E-state index is 9.36. The molecule has 0 aromatic carbocycles. The van der Waals surface area contributed by atoms with Crippen molar-refractivity contribution in [3.05, 3.63) is 10.4 Å². The van der Waals surface area contributed by atoms with Crippen LogP contribution in [0, 0.1) is 5.92 Å². The van der Waals surface area contributed by atoms with Crippen LogP contribution in [-0.4, -0.2) is 55.2 Å². The minimum absolute atomic E-state index is 0.0872. The van der Waals surface area contributed by atoms with E-state index < -0.39 is 18.0 Å². The molecule has 4 unspecified atom stereocenters. The number of aliphatic hydroxyl groups is 1. The second kappa shape index (κ2) is 7.58. The molecule has 6 nitrogen and oxygen atoms in total. The Morgan fingerprint density at radius 3 is 2.83 bits per heavy atom. The van der Waals surface area contributed by atoms with Crippen molar-refractivity contribution in [2.45, 2.75) is 36.4 Å². The number of hydrogen-bond donors (Lipinski definition) is 1. The van der Waals surface area contributed by atoms with E-state index in [4.69, 9.17) is 22.9 Å². The Morgan fingerprint density at radius 2 is 2.39 bits per heavy atom. The van der Waals surface area contributed by atoms with E-state index in [0.29, 0.717) is 0 Å². The third-order valence-corrected chi connectivity index (χ3v) is 3.93. The van der Waals surface area contributed by atoms with Gasteiger partial charge in [-0.05, 0) is 17.7 Å². The van der Waals surface area contributed by atoms with Crippen LogP contribution in [0.4, 0.5) is 0 Å². The molecule has 1 fully saturated rings. The minimum atomic E-state index is -0.548. The molecule has 0 spiro atoms. The number of azide groups is 1. The molecule has 9 heteroatoms. The summed E-state index contributed by atoms with van der Waals surface area (Å²) in [5, 5.41) is 13.1. The van der Waals surface area contributed by atoms with Crippen LogP contribution in [0.15, 0.2) is 5.11 Å². The van der Waals surface area contributed by atoms with E-state index in [0.717, 1.165) is 0 Å². The average Bonchev–Trinajstić information content (AvgIpc) is 2.34. The molecule has 0 bridgehead atoms. The molecule has 0 aromatic heterocycles. The van der Waals surface area contributed by atoms with E-state index in [1.165, 1.54) is 11.8 Å². The summed E-state index contributed by atoms with van der Waals surface area (Å²) < 4.78 is 11.2. The van der Waals surface area contributed by atoms with Gasteiger partial charge in [0.2, 0.25) is 0 Å².